The number of carbonyl (C=O) groups excluding carboxylic acids is 13. The molecule has 1 aromatic rings. The first-order chi connectivity index (χ1) is 40.8. The van der Waals surface area contributed by atoms with Gasteiger partial charge in [0.25, 0.3) is 19.0 Å². The van der Waals surface area contributed by atoms with Gasteiger partial charge < -0.3 is 85.3 Å². The zero-order chi connectivity index (χ0) is 64.3. The van der Waals surface area contributed by atoms with Gasteiger partial charge in [0.1, 0.15) is 64.4 Å². The van der Waals surface area contributed by atoms with Crippen LogP contribution in [0, 0.1) is 12.3 Å². The third-order valence-electron chi connectivity index (χ3n) is 9.51. The normalized spacial score (nSPS) is 25.0. The van der Waals surface area contributed by atoms with Crippen LogP contribution in [0.2, 0.25) is 0 Å². The fourth-order valence-electron chi connectivity index (χ4n) is 5.66. The van der Waals surface area contributed by atoms with Crippen molar-refractivity contribution in [1.29, 1.82) is 0 Å². The van der Waals surface area contributed by atoms with Crippen LogP contribution in [0.25, 0.3) is 0 Å². The quantitative estimate of drug-likeness (QED) is 0.109. The number of terminal acetylenes is 1. The van der Waals surface area contributed by atoms with Crippen LogP contribution in [0.5, 0.6) is 5.75 Å². The minimum Gasteiger partial charge on any atom is -0.454 e. The topological polar surface area (TPSA) is 388 Å². The summed E-state index contributed by atoms with van der Waals surface area (Å²) in [5.74, 6) is -5.71. The van der Waals surface area contributed by atoms with Gasteiger partial charge in [0.15, 0.2) is 35.9 Å². The van der Waals surface area contributed by atoms with Gasteiger partial charge in [-0.05, 0) is 31.9 Å². The summed E-state index contributed by atoms with van der Waals surface area (Å²) in [6, 6.07) is 8.68. The molecule has 8 saturated heterocycles. The van der Waals surface area contributed by atoms with Crippen molar-refractivity contribution in [3.8, 4) is 18.1 Å². The summed E-state index contributed by atoms with van der Waals surface area (Å²) in [5.41, 5.74) is 0. The Hall–Kier alpha value is -8.85. The third-order valence-corrected chi connectivity index (χ3v) is 9.51. The van der Waals surface area contributed by atoms with Crippen LogP contribution in [0.1, 0.15) is 46.5 Å². The molecule has 8 atom stereocenters. The van der Waals surface area contributed by atoms with Crippen molar-refractivity contribution < 1.29 is 156 Å². The van der Waals surface area contributed by atoms with E-state index in [0.717, 1.165) is 0 Å². The molecular weight excluding hydrogens is 1170 g/mol. The van der Waals surface area contributed by atoms with E-state index < -0.39 is 121 Å². The predicted octanol–water partition coefficient (Wildman–Crippen LogP) is 0.905. The number of cyclic esters (lactones) is 13. The molecule has 8 aliphatic heterocycles. The fourth-order valence-corrected chi connectivity index (χ4v) is 5.66. The van der Waals surface area contributed by atoms with Crippen molar-refractivity contribution in [2.24, 2.45) is 0 Å². The molecule has 0 amide bonds. The second-order valence-corrected chi connectivity index (χ2v) is 16.2. The highest BCUT2D eigenvalue weighted by molar-refractivity contribution is 5.92. The lowest BCUT2D eigenvalue weighted by Gasteiger charge is -2.24. The summed E-state index contributed by atoms with van der Waals surface area (Å²) >= 11 is 0. The smallest absolute Gasteiger partial charge is 0.384 e. The van der Waals surface area contributed by atoms with Crippen LogP contribution in [0.4, 0.5) is 8.78 Å². The summed E-state index contributed by atoms with van der Waals surface area (Å²) < 4.78 is 107. The van der Waals surface area contributed by atoms with E-state index in [-0.39, 0.29) is 70.2 Å². The third kappa shape index (κ3) is 28.6. The van der Waals surface area contributed by atoms with E-state index >= 15 is 0 Å². The molecule has 8 aliphatic rings. The number of para-hydroxylation sites is 1. The Kier molecular flexibility index (Phi) is 33.8. The number of ether oxygens (including phenoxy) is 18. The lowest BCUT2D eigenvalue weighted by atomic mass is 10.2. The van der Waals surface area contributed by atoms with E-state index in [0.29, 0.717) is 44.0 Å². The van der Waals surface area contributed by atoms with Gasteiger partial charge in [0.2, 0.25) is 0 Å². The van der Waals surface area contributed by atoms with Gasteiger partial charge in [-0.2, -0.15) is 0 Å². The van der Waals surface area contributed by atoms with Crippen LogP contribution >= 0.6 is 0 Å². The van der Waals surface area contributed by atoms with Gasteiger partial charge in [-0.25, -0.2) is 71.1 Å². The van der Waals surface area contributed by atoms with Gasteiger partial charge in [-0.1, -0.05) is 57.9 Å². The molecule has 9 rings (SSSR count). The molecule has 470 valence electrons. The number of alkyl halides is 2. The van der Waals surface area contributed by atoms with E-state index in [1.165, 1.54) is 0 Å². The molecule has 31 nitrogen and oxygen atoms in total. The summed E-state index contributed by atoms with van der Waals surface area (Å²) in [5, 5.41) is 0. The van der Waals surface area contributed by atoms with E-state index in [9.17, 15) is 71.1 Å². The highest BCUT2D eigenvalue weighted by Gasteiger charge is 2.35. The average molecular weight is 1230 g/mol. The van der Waals surface area contributed by atoms with Crippen LogP contribution in [-0.4, -0.2) is 187 Å². The van der Waals surface area contributed by atoms with Crippen LogP contribution in [-0.2, 0) is 143 Å². The Morgan fingerprint density at radius 3 is 1.35 bits per heavy atom. The minimum atomic E-state index is -1.67. The molecular formula is C53H58F2O31. The molecule has 8 heterocycles. The molecule has 8 unspecified atom stereocenters. The van der Waals surface area contributed by atoms with Crippen molar-refractivity contribution in [1.82, 2.24) is 0 Å². The molecule has 0 aromatic heterocycles. The van der Waals surface area contributed by atoms with Crippen molar-refractivity contribution in [2.45, 2.75) is 96.2 Å². The molecule has 0 aliphatic carbocycles. The summed E-state index contributed by atoms with van der Waals surface area (Å²) in [6.45, 7) is 17.8. The standard InChI is InChI=1S/C10H8O5.C7H9FO3.C7H8O4.C7H6O4.C6H8O5.C6H8O4.C5H5FO3.C5H6O3/c11-8-6-13-10(9(12)15-8)14-7-4-2-1-3-5-7;1-3-5-7(9)10-4(2)6(8)11-5;2*1-2-3-5-7(9)11-6(8)4-10-5;1-2-9-6-5(8)11-4(7)3-10-6;1-2-4-6(8)10-5(7)3-9-4;1-3-5(6)8-2-4(7)9-3;1-4-2-7-3-5(6)8-4/h1-5,10H,6H2;5-6H,2-3H2,1H3;2,5H,1,3-4H2;1,5H,3-4H2;6H,2-3H2,1H3;4H,2-3H2,1H3;5H,1-2H2;1-3H2. The molecule has 0 saturated carbocycles. The fraction of sp³-hybridized carbons (Fsp3) is 0.453. The van der Waals surface area contributed by atoms with Gasteiger partial charge >= 0.3 is 83.9 Å². The van der Waals surface area contributed by atoms with Gasteiger partial charge in [-0.15, -0.1) is 18.9 Å². The Balaban J connectivity index is 0.000000337. The molecule has 0 spiro atoms. The number of halogens is 2. The van der Waals surface area contributed by atoms with Crippen molar-refractivity contribution >= 4 is 77.6 Å². The van der Waals surface area contributed by atoms with Crippen LogP contribution in [0.15, 0.2) is 80.0 Å². The maximum Gasteiger partial charge on any atom is 0.384 e. The second kappa shape index (κ2) is 39.6. The maximum atomic E-state index is 12.6. The zero-order valence-electron chi connectivity index (χ0n) is 46.1. The maximum absolute atomic E-state index is 12.6. The monoisotopic (exact) mass is 1230 g/mol. The van der Waals surface area contributed by atoms with Gasteiger partial charge in [0, 0.05) is 19.4 Å². The Labute approximate surface area is 486 Å². The van der Waals surface area contributed by atoms with Crippen molar-refractivity contribution in [3.05, 3.63) is 80.0 Å². The SMILES string of the molecule is C#CCC1OCC(=O)OC1=O.C=C1COCC(=O)O1.C=C1OC(=O)C(CC)OC1F.C=C1OC(=O)COC1F.C=CCC1OCC(=O)OC1=O.CCC1OCC(=O)OC1=O.CCOC1OCC(=O)OC1=O.O=C1COC(Oc2ccccc2)C(=O)O1. The first-order valence-electron chi connectivity index (χ1n) is 24.8. The minimum absolute atomic E-state index is 0.0546. The van der Waals surface area contributed by atoms with Crippen LogP contribution < -0.4 is 4.74 Å². The lowest BCUT2D eigenvalue weighted by molar-refractivity contribution is -0.216. The zero-order valence-corrected chi connectivity index (χ0v) is 46.1. The second-order valence-electron chi connectivity index (χ2n) is 16.2. The number of rotatable bonds is 9. The molecule has 0 N–H and O–H groups in total. The number of carbonyl (C=O) groups is 13. The number of esters is 13. The highest BCUT2D eigenvalue weighted by Crippen LogP contribution is 2.21. The first kappa shape index (κ1) is 73.3. The number of benzene rings is 1. The van der Waals surface area contributed by atoms with E-state index in [1.807, 2.05) is 6.07 Å². The first-order valence-corrected chi connectivity index (χ1v) is 24.8. The average Bonchev–Trinajstić information content (AvgIpc) is 3.68. The molecule has 1 aromatic carbocycles. The molecule has 86 heavy (non-hydrogen) atoms. The molecule has 33 heteroatoms. The highest BCUT2D eigenvalue weighted by atomic mass is 19.2. The van der Waals surface area contributed by atoms with E-state index in [1.54, 1.807) is 51.1 Å². The van der Waals surface area contributed by atoms with Crippen LogP contribution in [0.3, 0.4) is 0 Å². The Bertz CT molecular complexity index is 2640. The van der Waals surface area contributed by atoms with Gasteiger partial charge in [0.05, 0.1) is 0 Å². The summed E-state index contributed by atoms with van der Waals surface area (Å²) in [7, 11) is 0. The molecule has 0 radical (unpaired) electrons. The lowest BCUT2D eigenvalue weighted by Crippen LogP contribution is -2.41. The molecule has 0 bridgehead atoms. The van der Waals surface area contributed by atoms with E-state index in [4.69, 9.17) is 44.3 Å². The van der Waals surface area contributed by atoms with Gasteiger partial charge in [-0.3, -0.25) is 0 Å². The summed E-state index contributed by atoms with van der Waals surface area (Å²) in [6.07, 6.45) is -0.291. The van der Waals surface area contributed by atoms with E-state index in [2.05, 4.69) is 79.6 Å². The predicted molar refractivity (Wildman–Crippen MR) is 269 cm³/mol. The largest absolute Gasteiger partial charge is 0.454 e. The summed E-state index contributed by atoms with van der Waals surface area (Å²) in [4.78, 5) is 138. The Morgan fingerprint density at radius 1 is 0.500 bits per heavy atom. The van der Waals surface area contributed by atoms with Crippen molar-refractivity contribution in [2.75, 3.05) is 59.5 Å². The molecule has 8 fully saturated rings. The Morgan fingerprint density at radius 2 is 0.930 bits per heavy atom. The van der Waals surface area contributed by atoms with Crippen molar-refractivity contribution in [3.63, 3.8) is 0 Å². The number of hydrogen-bond donors (Lipinski definition) is 0. The number of hydrogen-bond acceptors (Lipinski definition) is 31.